The fourth-order valence-corrected chi connectivity index (χ4v) is 2.89. The maximum Gasteiger partial charge on any atom is 0.323 e. The minimum Gasteiger partial charge on any atom is -0.480 e. The van der Waals surface area contributed by atoms with Crippen LogP contribution in [0.3, 0.4) is 0 Å². The van der Waals surface area contributed by atoms with Gasteiger partial charge in [0.2, 0.25) is 0 Å². The third kappa shape index (κ3) is 6.35. The van der Waals surface area contributed by atoms with Gasteiger partial charge in [0.05, 0.1) is 6.10 Å². The number of rotatable bonds is 9. The fraction of sp³-hybridized carbons (Fsp3) is 0.941. The Bertz CT molecular complexity index is 320. The molecule has 0 radical (unpaired) electrons. The van der Waals surface area contributed by atoms with Gasteiger partial charge < -0.3 is 15.2 Å². The molecule has 0 aromatic heterocycles. The van der Waals surface area contributed by atoms with E-state index in [4.69, 9.17) is 4.74 Å². The summed E-state index contributed by atoms with van der Waals surface area (Å²) in [5, 5.41) is 12.5. The molecule has 0 aliphatic heterocycles. The zero-order valence-corrected chi connectivity index (χ0v) is 14.2. The van der Waals surface area contributed by atoms with Gasteiger partial charge in [-0.05, 0) is 63.8 Å². The van der Waals surface area contributed by atoms with Gasteiger partial charge in [-0.15, -0.1) is 0 Å². The second-order valence-electron chi connectivity index (χ2n) is 7.40. The number of nitrogens with one attached hydrogen (secondary N) is 1. The Kier molecular flexibility index (Phi) is 7.14. The third-order valence-electron chi connectivity index (χ3n) is 4.70. The number of hydrogen-bond donors (Lipinski definition) is 2. The fourth-order valence-electron chi connectivity index (χ4n) is 2.89. The highest BCUT2D eigenvalue weighted by atomic mass is 16.5. The minimum atomic E-state index is -0.825. The van der Waals surface area contributed by atoms with Gasteiger partial charge in [0.15, 0.2) is 0 Å². The Hall–Kier alpha value is -0.610. The lowest BCUT2D eigenvalue weighted by Gasteiger charge is -2.34. The van der Waals surface area contributed by atoms with E-state index in [2.05, 4.69) is 19.2 Å². The highest BCUT2D eigenvalue weighted by Crippen LogP contribution is 2.36. The van der Waals surface area contributed by atoms with Crippen LogP contribution in [0.2, 0.25) is 0 Å². The Labute approximate surface area is 129 Å². The molecular formula is C17H33NO3. The molecule has 4 nitrogen and oxygen atoms in total. The van der Waals surface area contributed by atoms with E-state index in [0.29, 0.717) is 24.5 Å². The normalized spacial score (nSPS) is 21.9. The molecule has 1 atom stereocenters. The summed E-state index contributed by atoms with van der Waals surface area (Å²) in [7, 11) is 0. The number of ether oxygens (including phenoxy) is 1. The van der Waals surface area contributed by atoms with Crippen LogP contribution in [0.15, 0.2) is 0 Å². The summed E-state index contributed by atoms with van der Waals surface area (Å²) in [5.41, 5.74) is -0.361. The Balaban J connectivity index is 2.24. The van der Waals surface area contributed by atoms with Crippen LogP contribution in [0, 0.1) is 5.41 Å². The molecule has 1 saturated carbocycles. The molecule has 0 amide bonds. The van der Waals surface area contributed by atoms with Crippen molar-refractivity contribution in [3.8, 4) is 0 Å². The molecule has 21 heavy (non-hydrogen) atoms. The third-order valence-corrected chi connectivity index (χ3v) is 4.70. The van der Waals surface area contributed by atoms with Crippen LogP contribution < -0.4 is 5.32 Å². The van der Waals surface area contributed by atoms with Crippen molar-refractivity contribution >= 4 is 5.97 Å². The van der Waals surface area contributed by atoms with Crippen molar-refractivity contribution in [1.29, 1.82) is 0 Å². The quantitative estimate of drug-likeness (QED) is 0.639. The lowest BCUT2D eigenvalue weighted by Crippen LogP contribution is -2.49. The predicted molar refractivity (Wildman–Crippen MR) is 85.6 cm³/mol. The zero-order valence-electron chi connectivity index (χ0n) is 14.2. The van der Waals surface area contributed by atoms with Crippen molar-refractivity contribution < 1.29 is 14.6 Å². The van der Waals surface area contributed by atoms with Gasteiger partial charge in [0.25, 0.3) is 0 Å². The number of carboxylic acids is 1. The first-order valence-electron chi connectivity index (χ1n) is 8.39. The average Bonchev–Trinajstić information content (AvgIpc) is 2.42. The van der Waals surface area contributed by atoms with Crippen LogP contribution in [-0.2, 0) is 9.53 Å². The van der Waals surface area contributed by atoms with Crippen LogP contribution in [-0.4, -0.2) is 35.9 Å². The monoisotopic (exact) mass is 299 g/mol. The topological polar surface area (TPSA) is 58.6 Å². The van der Waals surface area contributed by atoms with E-state index in [0.717, 1.165) is 32.2 Å². The summed E-state index contributed by atoms with van der Waals surface area (Å²) in [6.07, 6.45) is 7.44. The molecule has 4 heteroatoms. The zero-order chi connectivity index (χ0) is 15.9. The number of aliphatic carboxylic acids is 1. The van der Waals surface area contributed by atoms with Crippen LogP contribution in [0.5, 0.6) is 0 Å². The maximum atomic E-state index is 11.4. The lowest BCUT2D eigenvalue weighted by atomic mass is 9.76. The second kappa shape index (κ2) is 8.14. The molecule has 1 unspecified atom stereocenters. The van der Waals surface area contributed by atoms with Crippen LogP contribution in [0.25, 0.3) is 0 Å². The first-order valence-corrected chi connectivity index (χ1v) is 8.39. The maximum absolute atomic E-state index is 11.4. The number of carboxylic acid groups (broad SMARTS) is 1. The molecule has 2 N–H and O–H groups in total. The summed E-state index contributed by atoms with van der Waals surface area (Å²) in [6, 6.07) is 0. The number of carbonyl (C=O) groups is 1. The molecule has 1 fully saturated rings. The predicted octanol–water partition coefficient (Wildman–Crippen LogP) is 3.59. The molecule has 1 aliphatic rings. The van der Waals surface area contributed by atoms with Crippen molar-refractivity contribution in [1.82, 2.24) is 5.32 Å². The minimum absolute atomic E-state index is 0.373. The molecule has 1 rings (SSSR count). The van der Waals surface area contributed by atoms with Crippen molar-refractivity contribution in [2.24, 2.45) is 5.41 Å². The molecular weight excluding hydrogens is 266 g/mol. The van der Waals surface area contributed by atoms with E-state index in [1.54, 1.807) is 6.92 Å². The second-order valence-corrected chi connectivity index (χ2v) is 7.40. The molecule has 0 saturated heterocycles. The summed E-state index contributed by atoms with van der Waals surface area (Å²) in [5.74, 6) is -0.768. The van der Waals surface area contributed by atoms with Gasteiger partial charge in [-0.25, -0.2) is 0 Å². The first kappa shape index (κ1) is 18.4. The summed E-state index contributed by atoms with van der Waals surface area (Å²) in [4.78, 5) is 11.4. The van der Waals surface area contributed by atoms with Crippen molar-refractivity contribution in [3.05, 3.63) is 0 Å². The summed E-state index contributed by atoms with van der Waals surface area (Å²) >= 11 is 0. The van der Waals surface area contributed by atoms with E-state index in [9.17, 15) is 9.90 Å². The smallest absolute Gasteiger partial charge is 0.323 e. The van der Waals surface area contributed by atoms with E-state index in [-0.39, 0.29) is 0 Å². The van der Waals surface area contributed by atoms with E-state index < -0.39 is 11.5 Å². The van der Waals surface area contributed by atoms with E-state index >= 15 is 0 Å². The van der Waals surface area contributed by atoms with Gasteiger partial charge in [0.1, 0.15) is 5.54 Å². The molecule has 1 aliphatic carbocycles. The Morgan fingerprint density at radius 3 is 2.52 bits per heavy atom. The Morgan fingerprint density at radius 1 is 1.38 bits per heavy atom. The van der Waals surface area contributed by atoms with Gasteiger partial charge >= 0.3 is 5.97 Å². The number of hydrogen-bond acceptors (Lipinski definition) is 3. The van der Waals surface area contributed by atoms with Gasteiger partial charge in [-0.3, -0.25) is 4.79 Å². The standard InChI is InChI=1S/C17H33NO3/c1-5-12-18-17(4,15(19)20)9-6-13-21-14-7-10-16(2,3)11-8-14/h14,18H,5-13H2,1-4H3,(H,19,20). The van der Waals surface area contributed by atoms with Crippen LogP contribution >= 0.6 is 0 Å². The summed E-state index contributed by atoms with van der Waals surface area (Å²) in [6.45, 7) is 9.86. The van der Waals surface area contributed by atoms with E-state index in [1.165, 1.54) is 12.8 Å². The van der Waals surface area contributed by atoms with Gasteiger partial charge in [0, 0.05) is 6.61 Å². The molecule has 0 spiro atoms. The van der Waals surface area contributed by atoms with Crippen LogP contribution in [0.1, 0.15) is 72.6 Å². The lowest BCUT2D eigenvalue weighted by molar-refractivity contribution is -0.144. The van der Waals surface area contributed by atoms with Crippen molar-refractivity contribution in [2.75, 3.05) is 13.2 Å². The molecule has 124 valence electrons. The highest BCUT2D eigenvalue weighted by molar-refractivity contribution is 5.78. The van der Waals surface area contributed by atoms with Crippen LogP contribution in [0.4, 0.5) is 0 Å². The summed E-state index contributed by atoms with van der Waals surface area (Å²) < 4.78 is 5.94. The Morgan fingerprint density at radius 2 is 2.00 bits per heavy atom. The van der Waals surface area contributed by atoms with E-state index in [1.807, 2.05) is 6.92 Å². The average molecular weight is 299 g/mol. The first-order chi connectivity index (χ1) is 9.79. The molecule has 0 aromatic carbocycles. The molecule has 0 aromatic rings. The SMILES string of the molecule is CCCNC(C)(CCCOC1CCC(C)(C)CC1)C(=O)O. The molecule has 0 bridgehead atoms. The largest absolute Gasteiger partial charge is 0.480 e. The highest BCUT2D eigenvalue weighted by Gasteiger charge is 2.32. The van der Waals surface area contributed by atoms with Crippen molar-refractivity contribution in [2.45, 2.75) is 84.3 Å². The van der Waals surface area contributed by atoms with Gasteiger partial charge in [-0.2, -0.15) is 0 Å². The molecule has 0 heterocycles. The van der Waals surface area contributed by atoms with Gasteiger partial charge in [-0.1, -0.05) is 20.8 Å². The van der Waals surface area contributed by atoms with Crippen molar-refractivity contribution in [3.63, 3.8) is 0 Å².